The van der Waals surface area contributed by atoms with Crippen molar-refractivity contribution >= 4 is 11.6 Å². The molecule has 0 saturated heterocycles. The molecule has 1 aromatic carbocycles. The summed E-state index contributed by atoms with van der Waals surface area (Å²) in [5.74, 6) is 3.31. The standard InChI is InChI=1S/C14H16ClN/c1-2-3-7-16-14-9-12(10-14)11-5-4-6-13(15)8-11/h1,4-6,8,12,14,16H,3,7,9-10H2. The summed E-state index contributed by atoms with van der Waals surface area (Å²) in [5.41, 5.74) is 1.36. The molecule has 0 aliphatic heterocycles. The van der Waals surface area contributed by atoms with Gasteiger partial charge in [0.2, 0.25) is 0 Å². The average Bonchev–Trinajstić information content (AvgIpc) is 2.21. The lowest BCUT2D eigenvalue weighted by molar-refractivity contribution is 0.294. The molecular weight excluding hydrogens is 218 g/mol. The summed E-state index contributed by atoms with van der Waals surface area (Å²) in [6.07, 6.45) is 8.42. The Labute approximate surface area is 102 Å². The fourth-order valence-corrected chi connectivity index (χ4v) is 2.36. The molecule has 1 nitrogen and oxygen atoms in total. The molecule has 1 aliphatic carbocycles. The quantitative estimate of drug-likeness (QED) is 0.622. The van der Waals surface area contributed by atoms with Crippen molar-refractivity contribution in [3.8, 4) is 12.3 Å². The SMILES string of the molecule is C#CCCNC1CC(c2cccc(Cl)c2)C1. The molecule has 0 bridgehead atoms. The zero-order valence-electron chi connectivity index (χ0n) is 9.25. The van der Waals surface area contributed by atoms with Gasteiger partial charge in [-0.3, -0.25) is 0 Å². The topological polar surface area (TPSA) is 12.0 Å². The van der Waals surface area contributed by atoms with Crippen molar-refractivity contribution in [1.82, 2.24) is 5.32 Å². The Hall–Kier alpha value is -0.970. The van der Waals surface area contributed by atoms with Gasteiger partial charge in [0, 0.05) is 24.0 Å². The first-order valence-corrected chi connectivity index (χ1v) is 6.09. The molecule has 2 rings (SSSR count). The molecule has 2 heteroatoms. The van der Waals surface area contributed by atoms with E-state index in [0.29, 0.717) is 12.0 Å². The highest BCUT2D eigenvalue weighted by Crippen LogP contribution is 2.37. The molecule has 0 heterocycles. The van der Waals surface area contributed by atoms with Crippen LogP contribution in [0.4, 0.5) is 0 Å². The summed E-state index contributed by atoms with van der Waals surface area (Å²) in [7, 11) is 0. The monoisotopic (exact) mass is 233 g/mol. The number of hydrogen-bond acceptors (Lipinski definition) is 1. The second kappa shape index (κ2) is 5.39. The number of benzene rings is 1. The Morgan fingerprint density at radius 3 is 2.94 bits per heavy atom. The summed E-state index contributed by atoms with van der Waals surface area (Å²) in [6.45, 7) is 0.934. The lowest BCUT2D eigenvalue weighted by Crippen LogP contribution is -2.40. The molecular formula is C14H16ClN. The van der Waals surface area contributed by atoms with Gasteiger partial charge in [0.25, 0.3) is 0 Å². The fourth-order valence-electron chi connectivity index (χ4n) is 2.17. The van der Waals surface area contributed by atoms with Gasteiger partial charge in [0.05, 0.1) is 0 Å². The van der Waals surface area contributed by atoms with Gasteiger partial charge in [0.1, 0.15) is 0 Å². The Kier molecular flexibility index (Phi) is 3.88. The van der Waals surface area contributed by atoms with E-state index < -0.39 is 0 Å². The third-order valence-corrected chi connectivity index (χ3v) is 3.40. The fraction of sp³-hybridized carbons (Fsp3) is 0.429. The molecule has 0 atom stereocenters. The van der Waals surface area contributed by atoms with E-state index in [0.717, 1.165) is 18.0 Å². The van der Waals surface area contributed by atoms with E-state index in [9.17, 15) is 0 Å². The first-order valence-electron chi connectivity index (χ1n) is 5.72. The number of nitrogens with one attached hydrogen (secondary N) is 1. The highest BCUT2D eigenvalue weighted by Gasteiger charge is 2.29. The minimum atomic E-state index is 0.636. The van der Waals surface area contributed by atoms with Crippen LogP contribution in [-0.2, 0) is 0 Å². The summed E-state index contributed by atoms with van der Waals surface area (Å²) in [5, 5.41) is 4.29. The van der Waals surface area contributed by atoms with E-state index in [1.165, 1.54) is 18.4 Å². The van der Waals surface area contributed by atoms with E-state index in [4.69, 9.17) is 18.0 Å². The van der Waals surface area contributed by atoms with Crippen molar-refractivity contribution in [2.75, 3.05) is 6.54 Å². The van der Waals surface area contributed by atoms with Gasteiger partial charge in [-0.2, -0.15) is 0 Å². The van der Waals surface area contributed by atoms with Crippen LogP contribution in [0.2, 0.25) is 5.02 Å². The van der Waals surface area contributed by atoms with Gasteiger partial charge in [0.15, 0.2) is 0 Å². The molecule has 1 fully saturated rings. The zero-order valence-corrected chi connectivity index (χ0v) is 10.0. The van der Waals surface area contributed by atoms with Crippen LogP contribution in [0.1, 0.15) is 30.7 Å². The first kappa shape index (κ1) is 11.5. The van der Waals surface area contributed by atoms with E-state index >= 15 is 0 Å². The van der Waals surface area contributed by atoms with Crippen molar-refractivity contribution in [3.05, 3.63) is 34.9 Å². The van der Waals surface area contributed by atoms with Crippen molar-refractivity contribution in [2.45, 2.75) is 31.2 Å². The summed E-state index contributed by atoms with van der Waals surface area (Å²) in [4.78, 5) is 0. The third-order valence-electron chi connectivity index (χ3n) is 3.16. The normalized spacial score (nSPS) is 23.5. The van der Waals surface area contributed by atoms with E-state index in [2.05, 4.69) is 23.4 Å². The van der Waals surface area contributed by atoms with Crippen LogP contribution in [0, 0.1) is 12.3 Å². The van der Waals surface area contributed by atoms with E-state index in [1.807, 2.05) is 12.1 Å². The maximum Gasteiger partial charge on any atom is 0.0408 e. The Bertz CT molecular complexity index is 388. The highest BCUT2D eigenvalue weighted by atomic mass is 35.5. The minimum Gasteiger partial charge on any atom is -0.313 e. The predicted octanol–water partition coefficient (Wildman–Crippen LogP) is 3.20. The molecule has 1 N–H and O–H groups in total. The van der Waals surface area contributed by atoms with Crippen molar-refractivity contribution in [3.63, 3.8) is 0 Å². The van der Waals surface area contributed by atoms with Gasteiger partial charge < -0.3 is 5.32 Å². The Morgan fingerprint density at radius 1 is 1.44 bits per heavy atom. The number of rotatable bonds is 4. The molecule has 0 aromatic heterocycles. The lowest BCUT2D eigenvalue weighted by atomic mass is 9.76. The molecule has 0 unspecified atom stereocenters. The van der Waals surface area contributed by atoms with E-state index in [-0.39, 0.29) is 0 Å². The van der Waals surface area contributed by atoms with Crippen LogP contribution in [-0.4, -0.2) is 12.6 Å². The number of terminal acetylenes is 1. The van der Waals surface area contributed by atoms with Crippen molar-refractivity contribution in [1.29, 1.82) is 0 Å². The van der Waals surface area contributed by atoms with Crippen LogP contribution < -0.4 is 5.32 Å². The van der Waals surface area contributed by atoms with E-state index in [1.54, 1.807) is 0 Å². The second-order valence-corrected chi connectivity index (χ2v) is 4.76. The maximum atomic E-state index is 5.97. The molecule has 0 spiro atoms. The summed E-state index contributed by atoms with van der Waals surface area (Å²) >= 11 is 5.97. The molecule has 84 valence electrons. The number of hydrogen-bond donors (Lipinski definition) is 1. The number of halogens is 1. The average molecular weight is 234 g/mol. The van der Waals surface area contributed by atoms with Crippen LogP contribution in [0.5, 0.6) is 0 Å². The van der Waals surface area contributed by atoms with Crippen LogP contribution in [0.25, 0.3) is 0 Å². The lowest BCUT2D eigenvalue weighted by Gasteiger charge is -2.36. The molecule has 0 amide bonds. The smallest absolute Gasteiger partial charge is 0.0408 e. The molecule has 1 aliphatic rings. The summed E-state index contributed by atoms with van der Waals surface area (Å²) < 4.78 is 0. The predicted molar refractivity (Wildman–Crippen MR) is 68.7 cm³/mol. The second-order valence-electron chi connectivity index (χ2n) is 4.33. The highest BCUT2D eigenvalue weighted by molar-refractivity contribution is 6.30. The summed E-state index contributed by atoms with van der Waals surface area (Å²) in [6, 6.07) is 8.82. The molecule has 0 radical (unpaired) electrons. The van der Waals surface area contributed by atoms with Crippen molar-refractivity contribution < 1.29 is 0 Å². The van der Waals surface area contributed by atoms with Crippen LogP contribution >= 0.6 is 11.6 Å². The minimum absolute atomic E-state index is 0.636. The van der Waals surface area contributed by atoms with Crippen LogP contribution in [0.3, 0.4) is 0 Å². The van der Waals surface area contributed by atoms with Crippen LogP contribution in [0.15, 0.2) is 24.3 Å². The Balaban J connectivity index is 1.78. The van der Waals surface area contributed by atoms with Gasteiger partial charge in [-0.1, -0.05) is 23.7 Å². The Morgan fingerprint density at radius 2 is 2.25 bits per heavy atom. The first-order chi connectivity index (χ1) is 7.79. The van der Waals surface area contributed by atoms with Gasteiger partial charge >= 0.3 is 0 Å². The third kappa shape index (κ3) is 2.78. The molecule has 1 saturated carbocycles. The zero-order chi connectivity index (χ0) is 11.4. The van der Waals surface area contributed by atoms with Gasteiger partial charge in [-0.15, -0.1) is 12.3 Å². The largest absolute Gasteiger partial charge is 0.313 e. The van der Waals surface area contributed by atoms with Gasteiger partial charge in [-0.25, -0.2) is 0 Å². The van der Waals surface area contributed by atoms with Crippen molar-refractivity contribution in [2.24, 2.45) is 0 Å². The van der Waals surface area contributed by atoms with Gasteiger partial charge in [-0.05, 0) is 36.5 Å². The maximum absolute atomic E-state index is 5.97. The molecule has 1 aromatic rings. The molecule has 16 heavy (non-hydrogen) atoms.